The summed E-state index contributed by atoms with van der Waals surface area (Å²) in [6, 6.07) is 5.21. The highest BCUT2D eigenvalue weighted by atomic mass is 16.2. The number of hydrogen-bond acceptors (Lipinski definition) is 5. The van der Waals surface area contributed by atoms with Crippen molar-refractivity contribution in [1.29, 1.82) is 0 Å². The van der Waals surface area contributed by atoms with Gasteiger partial charge in [-0.05, 0) is 30.9 Å². The van der Waals surface area contributed by atoms with Crippen LogP contribution in [0.4, 0.5) is 0 Å². The number of likely N-dealkylation sites (tertiary alicyclic amines) is 2. The summed E-state index contributed by atoms with van der Waals surface area (Å²) in [6.45, 7) is 2.47. The summed E-state index contributed by atoms with van der Waals surface area (Å²) in [4.78, 5) is 48.8. The number of hydrogen-bond donors (Lipinski definition) is 0. The Balaban J connectivity index is 1.33. The van der Waals surface area contributed by atoms with Crippen molar-refractivity contribution in [3.05, 3.63) is 47.3 Å². The van der Waals surface area contributed by atoms with Crippen LogP contribution in [0.25, 0.3) is 11.3 Å². The standard InChI is InChI=1S/C21H25N5O3/c1-24-13-17(10-19(24)27)21(29)25-8-4-15(5-9-25)12-26-14-23-18(11-20(26)28)16-2-6-22-7-3-16/h2-3,6-7,11,14-15,17H,4-5,8-10,12-13H2,1H3. The zero-order valence-corrected chi connectivity index (χ0v) is 16.5. The molecule has 0 aromatic carbocycles. The Bertz CT molecular complexity index is 950. The van der Waals surface area contributed by atoms with Crippen LogP contribution in [0.5, 0.6) is 0 Å². The monoisotopic (exact) mass is 395 g/mol. The zero-order chi connectivity index (χ0) is 20.4. The van der Waals surface area contributed by atoms with Gasteiger partial charge < -0.3 is 9.80 Å². The van der Waals surface area contributed by atoms with Gasteiger partial charge in [0, 0.05) is 63.7 Å². The first-order valence-corrected chi connectivity index (χ1v) is 10.0. The van der Waals surface area contributed by atoms with E-state index in [4.69, 9.17) is 0 Å². The Kier molecular flexibility index (Phi) is 5.42. The molecule has 0 radical (unpaired) electrons. The molecule has 0 aliphatic carbocycles. The largest absolute Gasteiger partial charge is 0.345 e. The van der Waals surface area contributed by atoms with Gasteiger partial charge in [0.2, 0.25) is 11.8 Å². The second kappa shape index (κ2) is 8.14. The maximum Gasteiger partial charge on any atom is 0.253 e. The van der Waals surface area contributed by atoms with Gasteiger partial charge in [-0.2, -0.15) is 0 Å². The van der Waals surface area contributed by atoms with Gasteiger partial charge >= 0.3 is 0 Å². The van der Waals surface area contributed by atoms with Crippen molar-refractivity contribution in [2.45, 2.75) is 25.8 Å². The summed E-state index contributed by atoms with van der Waals surface area (Å²) in [5, 5.41) is 0. The Labute approximate surface area is 169 Å². The zero-order valence-electron chi connectivity index (χ0n) is 16.5. The fourth-order valence-electron chi connectivity index (χ4n) is 4.14. The highest BCUT2D eigenvalue weighted by Crippen LogP contribution is 2.24. The predicted octanol–water partition coefficient (Wildman–Crippen LogP) is 1.02. The van der Waals surface area contributed by atoms with Gasteiger partial charge in [0.1, 0.15) is 0 Å². The van der Waals surface area contributed by atoms with Gasteiger partial charge in [-0.3, -0.25) is 23.9 Å². The average molecular weight is 395 g/mol. The average Bonchev–Trinajstić information content (AvgIpc) is 3.08. The Morgan fingerprint density at radius 3 is 2.52 bits per heavy atom. The molecule has 4 heterocycles. The lowest BCUT2D eigenvalue weighted by atomic mass is 9.95. The normalized spacial score (nSPS) is 20.3. The van der Waals surface area contributed by atoms with E-state index in [2.05, 4.69) is 9.97 Å². The molecular weight excluding hydrogens is 370 g/mol. The maximum absolute atomic E-state index is 12.7. The third-order valence-corrected chi connectivity index (χ3v) is 5.93. The first-order valence-electron chi connectivity index (χ1n) is 10.0. The van der Waals surface area contributed by atoms with Crippen LogP contribution in [-0.4, -0.2) is 62.8 Å². The lowest BCUT2D eigenvalue weighted by molar-refractivity contribution is -0.137. The molecule has 4 rings (SSSR count). The summed E-state index contributed by atoms with van der Waals surface area (Å²) in [5.74, 6) is 0.247. The Morgan fingerprint density at radius 1 is 1.17 bits per heavy atom. The third-order valence-electron chi connectivity index (χ3n) is 5.93. The highest BCUT2D eigenvalue weighted by Gasteiger charge is 2.35. The second-order valence-electron chi connectivity index (χ2n) is 7.94. The molecular formula is C21H25N5O3. The Hall–Kier alpha value is -3.03. The van der Waals surface area contributed by atoms with Crippen LogP contribution in [0, 0.1) is 11.8 Å². The summed E-state index contributed by atoms with van der Waals surface area (Å²) in [6.07, 6.45) is 6.98. The number of carbonyl (C=O) groups is 2. The molecule has 0 bridgehead atoms. The third kappa shape index (κ3) is 4.21. The van der Waals surface area contributed by atoms with Crippen LogP contribution in [0.2, 0.25) is 0 Å². The molecule has 0 N–H and O–H groups in total. The molecule has 0 saturated carbocycles. The van der Waals surface area contributed by atoms with Crippen molar-refractivity contribution < 1.29 is 9.59 Å². The molecule has 152 valence electrons. The molecule has 2 aliphatic heterocycles. The number of piperidine rings is 1. The molecule has 2 amide bonds. The van der Waals surface area contributed by atoms with Gasteiger partial charge in [-0.1, -0.05) is 0 Å². The summed E-state index contributed by atoms with van der Waals surface area (Å²) in [7, 11) is 1.74. The number of carbonyl (C=O) groups excluding carboxylic acids is 2. The first kappa shape index (κ1) is 19.3. The van der Waals surface area contributed by atoms with Crippen LogP contribution in [-0.2, 0) is 16.1 Å². The highest BCUT2D eigenvalue weighted by molar-refractivity contribution is 5.89. The molecule has 0 spiro atoms. The lowest BCUT2D eigenvalue weighted by Crippen LogP contribution is -2.43. The first-order chi connectivity index (χ1) is 14.0. The molecule has 29 heavy (non-hydrogen) atoms. The van der Waals surface area contributed by atoms with E-state index in [0.29, 0.717) is 44.2 Å². The molecule has 8 heteroatoms. The van der Waals surface area contributed by atoms with Crippen molar-refractivity contribution in [2.24, 2.45) is 11.8 Å². The summed E-state index contributed by atoms with van der Waals surface area (Å²) in [5.41, 5.74) is 1.44. The number of aromatic nitrogens is 3. The quantitative estimate of drug-likeness (QED) is 0.771. The molecule has 2 fully saturated rings. The van der Waals surface area contributed by atoms with E-state index in [1.807, 2.05) is 17.0 Å². The van der Waals surface area contributed by atoms with Crippen LogP contribution in [0.15, 0.2) is 41.7 Å². The molecule has 2 aromatic heterocycles. The smallest absolute Gasteiger partial charge is 0.253 e. The number of pyridine rings is 1. The van der Waals surface area contributed by atoms with Gasteiger partial charge in [0.15, 0.2) is 0 Å². The van der Waals surface area contributed by atoms with E-state index < -0.39 is 0 Å². The van der Waals surface area contributed by atoms with Crippen LogP contribution < -0.4 is 5.56 Å². The molecule has 8 nitrogen and oxygen atoms in total. The Morgan fingerprint density at radius 2 is 1.90 bits per heavy atom. The minimum absolute atomic E-state index is 0.0420. The van der Waals surface area contributed by atoms with E-state index in [-0.39, 0.29) is 23.3 Å². The lowest BCUT2D eigenvalue weighted by Gasteiger charge is -2.33. The van der Waals surface area contributed by atoms with Crippen molar-refractivity contribution in [2.75, 3.05) is 26.7 Å². The van der Waals surface area contributed by atoms with Crippen molar-refractivity contribution in [3.8, 4) is 11.3 Å². The van der Waals surface area contributed by atoms with Crippen LogP contribution >= 0.6 is 0 Å². The van der Waals surface area contributed by atoms with Gasteiger partial charge in [-0.15, -0.1) is 0 Å². The van der Waals surface area contributed by atoms with Crippen molar-refractivity contribution >= 4 is 11.8 Å². The molecule has 2 aromatic rings. The maximum atomic E-state index is 12.7. The van der Waals surface area contributed by atoms with E-state index in [1.165, 1.54) is 0 Å². The summed E-state index contributed by atoms with van der Waals surface area (Å²) >= 11 is 0. The number of rotatable bonds is 4. The van der Waals surface area contributed by atoms with Crippen LogP contribution in [0.3, 0.4) is 0 Å². The number of amides is 2. The van der Waals surface area contributed by atoms with E-state index >= 15 is 0 Å². The van der Waals surface area contributed by atoms with Crippen molar-refractivity contribution in [1.82, 2.24) is 24.3 Å². The van der Waals surface area contributed by atoms with E-state index in [9.17, 15) is 14.4 Å². The molecule has 2 aliphatic rings. The molecule has 2 saturated heterocycles. The van der Waals surface area contributed by atoms with Gasteiger partial charge in [-0.25, -0.2) is 4.98 Å². The fraction of sp³-hybridized carbons (Fsp3) is 0.476. The predicted molar refractivity (Wildman–Crippen MR) is 107 cm³/mol. The minimum atomic E-state index is -0.211. The van der Waals surface area contributed by atoms with Gasteiger partial charge in [0.05, 0.1) is 17.9 Å². The van der Waals surface area contributed by atoms with Gasteiger partial charge in [0.25, 0.3) is 5.56 Å². The van der Waals surface area contributed by atoms with E-state index in [1.54, 1.807) is 41.3 Å². The minimum Gasteiger partial charge on any atom is -0.345 e. The second-order valence-corrected chi connectivity index (χ2v) is 7.94. The van der Waals surface area contributed by atoms with E-state index in [0.717, 1.165) is 18.4 Å². The topological polar surface area (TPSA) is 88.4 Å². The van der Waals surface area contributed by atoms with Crippen molar-refractivity contribution in [3.63, 3.8) is 0 Å². The number of nitrogens with zero attached hydrogens (tertiary/aromatic N) is 5. The summed E-state index contributed by atoms with van der Waals surface area (Å²) < 4.78 is 1.65. The molecule has 1 atom stereocenters. The van der Waals surface area contributed by atoms with Crippen LogP contribution in [0.1, 0.15) is 19.3 Å². The fourth-order valence-corrected chi connectivity index (χ4v) is 4.14. The molecule has 1 unspecified atom stereocenters. The SMILES string of the molecule is CN1CC(C(=O)N2CCC(Cn3cnc(-c4ccncc4)cc3=O)CC2)CC1=O.